The van der Waals surface area contributed by atoms with E-state index < -0.39 is 17.8 Å². The minimum atomic E-state index is -0.637. The molecule has 3 rings (SSSR count). The molecule has 0 saturated carbocycles. The first-order valence-corrected chi connectivity index (χ1v) is 10.2. The smallest absolute Gasteiger partial charge is 0.325 e. The normalized spacial score (nSPS) is 10.8. The lowest BCUT2D eigenvalue weighted by Crippen LogP contribution is -2.39. The first kappa shape index (κ1) is 22.0. The summed E-state index contributed by atoms with van der Waals surface area (Å²) in [5, 5.41) is 6.62. The second-order valence-corrected chi connectivity index (χ2v) is 7.32. The number of hydrogen-bond donors (Lipinski definition) is 0. The van der Waals surface area contributed by atoms with Crippen LogP contribution in [0.2, 0.25) is 0 Å². The number of thiophene rings is 1. The van der Waals surface area contributed by atoms with Crippen LogP contribution in [0.25, 0.3) is 22.3 Å². The van der Waals surface area contributed by atoms with Crippen molar-refractivity contribution in [2.75, 3.05) is 27.3 Å². The van der Waals surface area contributed by atoms with Crippen LogP contribution in [0, 0.1) is 0 Å². The second kappa shape index (κ2) is 10.4. The lowest BCUT2D eigenvalue weighted by Gasteiger charge is -2.18. The molecule has 0 N–H and O–H groups in total. The first-order valence-electron chi connectivity index (χ1n) is 9.31. The molecule has 8 nitrogen and oxygen atoms in total. The van der Waals surface area contributed by atoms with Gasteiger partial charge in [0.15, 0.2) is 0 Å². The molecule has 0 atom stereocenters. The minimum Gasteiger partial charge on any atom is -0.468 e. The largest absolute Gasteiger partial charge is 0.468 e. The Morgan fingerprint density at radius 1 is 1.03 bits per heavy atom. The van der Waals surface area contributed by atoms with Crippen molar-refractivity contribution in [1.29, 1.82) is 0 Å². The summed E-state index contributed by atoms with van der Waals surface area (Å²) in [5.74, 6) is -1.80. The number of rotatable bonds is 8. The molecule has 160 valence electrons. The van der Waals surface area contributed by atoms with Gasteiger partial charge >= 0.3 is 11.9 Å². The summed E-state index contributed by atoms with van der Waals surface area (Å²) in [6.45, 7) is -0.730. The predicted octanol–water partition coefficient (Wildman–Crippen LogP) is 2.79. The standard InChI is InChI=1S/C22H21N3O5S/c1-29-20(27)14-24(15-21(28)30-2)19(26)11-10-16-13-25(17-7-4-3-5-8-17)23-22(16)18-9-6-12-31-18/h3-13H,14-15H2,1-2H3/b11-10+. The number of para-hydroxylation sites is 1. The summed E-state index contributed by atoms with van der Waals surface area (Å²) in [4.78, 5) is 38.0. The Hall–Kier alpha value is -3.72. The molecular formula is C22H21N3O5S. The van der Waals surface area contributed by atoms with Crippen LogP contribution in [-0.4, -0.2) is 59.8 Å². The van der Waals surface area contributed by atoms with E-state index >= 15 is 0 Å². The highest BCUT2D eigenvalue weighted by Crippen LogP contribution is 2.28. The van der Waals surface area contributed by atoms with Crippen molar-refractivity contribution in [3.05, 3.63) is 65.7 Å². The van der Waals surface area contributed by atoms with Gasteiger partial charge in [-0.1, -0.05) is 24.3 Å². The molecule has 2 aromatic heterocycles. The van der Waals surface area contributed by atoms with E-state index in [9.17, 15) is 14.4 Å². The number of aromatic nitrogens is 2. The van der Waals surface area contributed by atoms with E-state index in [0.717, 1.165) is 26.7 Å². The van der Waals surface area contributed by atoms with Crippen LogP contribution in [0.5, 0.6) is 0 Å². The molecule has 0 saturated heterocycles. The van der Waals surface area contributed by atoms with Crippen molar-refractivity contribution in [3.8, 4) is 16.3 Å². The number of methoxy groups -OCH3 is 2. The third-order valence-corrected chi connectivity index (χ3v) is 5.21. The van der Waals surface area contributed by atoms with Crippen molar-refractivity contribution in [2.24, 2.45) is 0 Å². The van der Waals surface area contributed by atoms with E-state index in [4.69, 9.17) is 0 Å². The summed E-state index contributed by atoms with van der Waals surface area (Å²) < 4.78 is 11.0. The van der Waals surface area contributed by atoms with Gasteiger partial charge in [-0.05, 0) is 29.7 Å². The number of nitrogens with zero attached hydrogens (tertiary/aromatic N) is 3. The van der Waals surface area contributed by atoms with Crippen LogP contribution >= 0.6 is 11.3 Å². The molecule has 0 fully saturated rings. The number of ether oxygens (including phenoxy) is 2. The molecule has 0 unspecified atom stereocenters. The fourth-order valence-corrected chi connectivity index (χ4v) is 3.48. The molecule has 9 heteroatoms. The minimum absolute atomic E-state index is 0.365. The van der Waals surface area contributed by atoms with Crippen LogP contribution < -0.4 is 0 Å². The van der Waals surface area contributed by atoms with E-state index in [2.05, 4.69) is 14.6 Å². The zero-order chi connectivity index (χ0) is 22.2. The number of esters is 2. The fraction of sp³-hybridized carbons (Fsp3) is 0.182. The molecule has 3 aromatic rings. The maximum Gasteiger partial charge on any atom is 0.325 e. The Balaban J connectivity index is 1.90. The summed E-state index contributed by atoms with van der Waals surface area (Å²) in [6.07, 6.45) is 4.74. The molecule has 0 aliphatic rings. The third-order valence-electron chi connectivity index (χ3n) is 4.33. The molecule has 0 radical (unpaired) electrons. The van der Waals surface area contributed by atoms with E-state index in [1.807, 2.05) is 54.0 Å². The van der Waals surface area contributed by atoms with Crippen LogP contribution in [0.15, 0.2) is 60.1 Å². The predicted molar refractivity (Wildman–Crippen MR) is 117 cm³/mol. The van der Waals surface area contributed by atoms with E-state index in [1.54, 1.807) is 10.8 Å². The van der Waals surface area contributed by atoms with E-state index in [0.29, 0.717) is 0 Å². The zero-order valence-electron chi connectivity index (χ0n) is 17.1. The Labute approximate surface area is 183 Å². The topological polar surface area (TPSA) is 90.7 Å². The number of carbonyl (C=O) groups excluding carboxylic acids is 3. The highest BCUT2D eigenvalue weighted by molar-refractivity contribution is 7.13. The molecule has 31 heavy (non-hydrogen) atoms. The van der Waals surface area contributed by atoms with Gasteiger partial charge in [0, 0.05) is 17.8 Å². The summed E-state index contributed by atoms with van der Waals surface area (Å²) in [6, 6.07) is 13.5. The summed E-state index contributed by atoms with van der Waals surface area (Å²) >= 11 is 1.53. The quantitative estimate of drug-likeness (QED) is 0.396. The maximum absolute atomic E-state index is 12.7. The molecular weight excluding hydrogens is 418 g/mol. The van der Waals surface area contributed by atoms with E-state index in [1.165, 1.54) is 31.6 Å². The van der Waals surface area contributed by atoms with Gasteiger partial charge in [0.1, 0.15) is 18.8 Å². The van der Waals surface area contributed by atoms with Crippen LogP contribution in [-0.2, 0) is 23.9 Å². The Kier molecular flexibility index (Phi) is 7.34. The number of hydrogen-bond acceptors (Lipinski definition) is 7. The Morgan fingerprint density at radius 2 is 1.71 bits per heavy atom. The zero-order valence-corrected chi connectivity index (χ0v) is 17.9. The number of benzene rings is 1. The van der Waals surface area contributed by atoms with Crippen molar-refractivity contribution in [3.63, 3.8) is 0 Å². The first-order chi connectivity index (χ1) is 15.0. The Morgan fingerprint density at radius 3 is 2.29 bits per heavy atom. The SMILES string of the molecule is COC(=O)CN(CC(=O)OC)C(=O)/C=C/c1cn(-c2ccccc2)nc1-c1cccs1. The average Bonchev–Trinajstić information content (AvgIpc) is 3.47. The van der Waals surface area contributed by atoms with Crippen molar-refractivity contribution < 1.29 is 23.9 Å². The average molecular weight is 439 g/mol. The lowest BCUT2D eigenvalue weighted by molar-refractivity contribution is -0.150. The lowest BCUT2D eigenvalue weighted by atomic mass is 10.2. The van der Waals surface area contributed by atoms with Crippen molar-refractivity contribution >= 4 is 35.3 Å². The van der Waals surface area contributed by atoms with Gasteiger partial charge in [0.05, 0.1) is 24.8 Å². The van der Waals surface area contributed by atoms with Crippen LogP contribution in [0.1, 0.15) is 5.56 Å². The van der Waals surface area contributed by atoms with Crippen molar-refractivity contribution in [2.45, 2.75) is 0 Å². The van der Waals surface area contributed by atoms with Gasteiger partial charge in [-0.2, -0.15) is 5.10 Å². The summed E-state index contributed by atoms with van der Waals surface area (Å²) in [5.41, 5.74) is 2.32. The number of carbonyl (C=O) groups is 3. The van der Waals surface area contributed by atoms with Gasteiger partial charge in [-0.25, -0.2) is 4.68 Å². The highest BCUT2D eigenvalue weighted by atomic mass is 32.1. The second-order valence-electron chi connectivity index (χ2n) is 6.37. The molecule has 0 bridgehead atoms. The fourth-order valence-electron chi connectivity index (χ4n) is 2.75. The van der Waals surface area contributed by atoms with Crippen molar-refractivity contribution in [1.82, 2.24) is 14.7 Å². The number of amides is 1. The molecule has 1 amide bonds. The van der Waals surface area contributed by atoms with Crippen LogP contribution in [0.4, 0.5) is 0 Å². The monoisotopic (exact) mass is 439 g/mol. The van der Waals surface area contributed by atoms with Gasteiger partial charge in [-0.3, -0.25) is 14.4 Å². The van der Waals surface area contributed by atoms with Gasteiger partial charge in [-0.15, -0.1) is 11.3 Å². The Bertz CT molecular complexity index is 1060. The van der Waals surface area contributed by atoms with Gasteiger partial charge < -0.3 is 14.4 Å². The molecule has 0 spiro atoms. The van der Waals surface area contributed by atoms with Gasteiger partial charge in [0.2, 0.25) is 5.91 Å². The summed E-state index contributed by atoms with van der Waals surface area (Å²) in [7, 11) is 2.43. The highest BCUT2D eigenvalue weighted by Gasteiger charge is 2.20. The molecule has 2 heterocycles. The van der Waals surface area contributed by atoms with E-state index in [-0.39, 0.29) is 13.1 Å². The van der Waals surface area contributed by atoms with Crippen LogP contribution in [0.3, 0.4) is 0 Å². The molecule has 0 aliphatic carbocycles. The molecule has 1 aromatic carbocycles. The maximum atomic E-state index is 12.7. The third kappa shape index (κ3) is 5.67. The van der Waals surface area contributed by atoms with Gasteiger partial charge in [0.25, 0.3) is 0 Å². The molecule has 0 aliphatic heterocycles.